The number of Topliss-reactive ketones (excluding diaryl/α,β-unsaturated/α-hetero) is 1. The van der Waals surface area contributed by atoms with E-state index in [0.717, 1.165) is 11.1 Å². The molecule has 0 N–H and O–H groups in total. The maximum absolute atomic E-state index is 13.4. The van der Waals surface area contributed by atoms with Crippen molar-refractivity contribution < 1.29 is 13.6 Å². The Hall–Kier alpha value is -1.85. The number of carbonyl (C=O) groups excluding carboxylic acids is 1. The Morgan fingerprint density at radius 1 is 1.48 bits per heavy atom. The molecule has 124 valence electrons. The minimum absolute atomic E-state index is 0.0507. The zero-order valence-electron chi connectivity index (χ0n) is 13.5. The van der Waals surface area contributed by atoms with Crippen LogP contribution in [0.3, 0.4) is 0 Å². The second-order valence-corrected chi connectivity index (χ2v) is 6.76. The monoisotopic (exact) mass is 321 g/mol. The number of hydrogen-bond donors (Lipinski definition) is 0. The number of nitrogens with zero attached hydrogens (tertiary/aromatic N) is 3. The van der Waals surface area contributed by atoms with Crippen LogP contribution in [0.4, 0.5) is 8.78 Å². The molecule has 2 atom stereocenters. The van der Waals surface area contributed by atoms with Crippen molar-refractivity contribution in [1.82, 2.24) is 15.0 Å². The van der Waals surface area contributed by atoms with Crippen molar-refractivity contribution in [3.05, 3.63) is 29.6 Å². The van der Waals surface area contributed by atoms with E-state index in [2.05, 4.69) is 16.8 Å². The third kappa shape index (κ3) is 2.99. The predicted molar refractivity (Wildman–Crippen MR) is 82.8 cm³/mol. The van der Waals surface area contributed by atoms with Crippen LogP contribution in [0.5, 0.6) is 0 Å². The van der Waals surface area contributed by atoms with E-state index in [1.54, 1.807) is 13.1 Å². The highest BCUT2D eigenvalue weighted by atomic mass is 19.3. The van der Waals surface area contributed by atoms with Gasteiger partial charge in [-0.2, -0.15) is 15.0 Å². The predicted octanol–water partition coefficient (Wildman–Crippen LogP) is 3.65. The van der Waals surface area contributed by atoms with Gasteiger partial charge < -0.3 is 0 Å². The van der Waals surface area contributed by atoms with Crippen LogP contribution in [-0.4, -0.2) is 26.7 Å². The normalized spacial score (nSPS) is 27.0. The molecule has 1 aromatic rings. The average molecular weight is 321 g/mol. The van der Waals surface area contributed by atoms with E-state index in [4.69, 9.17) is 0 Å². The lowest BCUT2D eigenvalue weighted by molar-refractivity contribution is -0.139. The second kappa shape index (κ2) is 5.65. The lowest BCUT2D eigenvalue weighted by atomic mass is 9.79. The topological polar surface area (TPSA) is 47.8 Å². The Kier molecular flexibility index (Phi) is 3.94. The molecule has 6 heteroatoms. The fourth-order valence-electron chi connectivity index (χ4n) is 3.17. The highest BCUT2D eigenvalue weighted by Crippen LogP contribution is 2.44. The van der Waals surface area contributed by atoms with E-state index in [-0.39, 0.29) is 24.7 Å². The summed E-state index contributed by atoms with van der Waals surface area (Å²) in [5, 5.41) is 8.44. The Morgan fingerprint density at radius 2 is 2.22 bits per heavy atom. The first-order chi connectivity index (χ1) is 10.8. The lowest BCUT2D eigenvalue weighted by Crippen LogP contribution is -2.41. The van der Waals surface area contributed by atoms with Gasteiger partial charge in [-0.1, -0.05) is 12.2 Å². The van der Waals surface area contributed by atoms with Crippen LogP contribution < -0.4 is 0 Å². The number of hydrogen-bond acceptors (Lipinski definition) is 3. The van der Waals surface area contributed by atoms with Crippen molar-refractivity contribution in [1.29, 1.82) is 0 Å². The molecular formula is C17H21F2N3O. The number of carbonyl (C=O) groups is 1. The van der Waals surface area contributed by atoms with Gasteiger partial charge >= 0.3 is 0 Å². The summed E-state index contributed by atoms with van der Waals surface area (Å²) in [5.41, 5.74) is 3.15. The molecule has 4 nitrogen and oxygen atoms in total. The summed E-state index contributed by atoms with van der Waals surface area (Å²) in [7, 11) is 0. The third-order valence-corrected chi connectivity index (χ3v) is 5.10. The van der Waals surface area contributed by atoms with E-state index in [0.29, 0.717) is 30.5 Å². The summed E-state index contributed by atoms with van der Waals surface area (Å²) in [6.07, 6.45) is 3.20. The number of alkyl halides is 2. The number of aromatic nitrogens is 3. The van der Waals surface area contributed by atoms with Gasteiger partial charge in [-0.15, -0.1) is 0 Å². The molecule has 3 rings (SSSR count). The van der Waals surface area contributed by atoms with E-state index < -0.39 is 11.8 Å². The van der Waals surface area contributed by atoms with Gasteiger partial charge in [0.25, 0.3) is 5.92 Å². The molecule has 0 radical (unpaired) electrons. The van der Waals surface area contributed by atoms with Crippen molar-refractivity contribution in [3.63, 3.8) is 0 Å². The number of rotatable bonds is 4. The Morgan fingerprint density at radius 3 is 2.78 bits per heavy atom. The molecule has 0 aliphatic heterocycles. The molecular weight excluding hydrogens is 300 g/mol. The molecule has 23 heavy (non-hydrogen) atoms. The van der Waals surface area contributed by atoms with Crippen molar-refractivity contribution >= 4 is 11.4 Å². The molecule has 0 bridgehead atoms. The quantitative estimate of drug-likeness (QED) is 0.795. The second-order valence-electron chi connectivity index (χ2n) is 6.76. The van der Waals surface area contributed by atoms with E-state index in [9.17, 15) is 13.6 Å². The highest BCUT2D eigenvalue weighted by Gasteiger charge is 2.48. The molecule has 1 heterocycles. The van der Waals surface area contributed by atoms with Gasteiger partial charge in [-0.3, -0.25) is 4.79 Å². The molecule has 1 fully saturated rings. The van der Waals surface area contributed by atoms with E-state index in [1.165, 1.54) is 4.80 Å². The van der Waals surface area contributed by atoms with E-state index >= 15 is 0 Å². The maximum Gasteiger partial charge on any atom is 0.252 e. The van der Waals surface area contributed by atoms with E-state index in [1.807, 2.05) is 6.92 Å². The summed E-state index contributed by atoms with van der Waals surface area (Å²) in [4.78, 5) is 13.5. The van der Waals surface area contributed by atoms with Crippen molar-refractivity contribution in [3.8, 4) is 0 Å². The van der Waals surface area contributed by atoms with Gasteiger partial charge in [-0.05, 0) is 43.8 Å². The molecule has 2 aliphatic rings. The Labute approximate surface area is 134 Å². The van der Waals surface area contributed by atoms with Gasteiger partial charge in [0.1, 0.15) is 5.69 Å². The Balaban J connectivity index is 1.80. The summed E-state index contributed by atoms with van der Waals surface area (Å²) in [5.74, 6) is -3.08. The first kappa shape index (κ1) is 16.0. The Bertz CT molecular complexity index is 690. The first-order valence-electron chi connectivity index (χ1n) is 7.94. The molecule has 0 aromatic carbocycles. The largest absolute Gasteiger partial charge is 0.295 e. The van der Waals surface area contributed by atoms with Crippen molar-refractivity contribution in [2.45, 2.75) is 52.0 Å². The summed E-state index contributed by atoms with van der Waals surface area (Å²) in [6, 6.07) is 0. The number of allylic oxidation sites excluding steroid dienone is 3. The zero-order valence-corrected chi connectivity index (χ0v) is 13.5. The molecule has 2 unspecified atom stereocenters. The lowest BCUT2D eigenvalue weighted by Gasteiger charge is -2.35. The number of halogens is 2. The average Bonchev–Trinajstić information content (AvgIpc) is 2.94. The van der Waals surface area contributed by atoms with Gasteiger partial charge in [0, 0.05) is 18.8 Å². The fourth-order valence-corrected chi connectivity index (χ4v) is 3.17. The molecule has 0 spiro atoms. The highest BCUT2D eigenvalue weighted by molar-refractivity contribution is 6.03. The smallest absolute Gasteiger partial charge is 0.252 e. The minimum atomic E-state index is -2.60. The van der Waals surface area contributed by atoms with Gasteiger partial charge in [0.15, 0.2) is 5.78 Å². The number of ketones is 1. The molecule has 1 aromatic heterocycles. The van der Waals surface area contributed by atoms with Crippen LogP contribution >= 0.6 is 0 Å². The van der Waals surface area contributed by atoms with Crippen molar-refractivity contribution in [2.75, 3.05) is 0 Å². The maximum atomic E-state index is 13.4. The van der Waals surface area contributed by atoms with Gasteiger partial charge in [0.05, 0.1) is 12.7 Å². The standard InChI is InChI=1S/C17H21F2N3O/c1-10(2)12-6-14(11(3)16(23)7-12)15-8-20-22(21-15)9-13-4-5-17(13,18)19/h8,12-13H,1,4-7,9H2,2-3H3. The van der Waals surface area contributed by atoms with Crippen LogP contribution in [-0.2, 0) is 11.3 Å². The van der Waals surface area contributed by atoms with Crippen molar-refractivity contribution in [2.24, 2.45) is 11.8 Å². The van der Waals surface area contributed by atoms with Crippen LogP contribution in [0.25, 0.3) is 5.57 Å². The van der Waals surface area contributed by atoms with Crippen LogP contribution in [0.15, 0.2) is 23.9 Å². The SMILES string of the molecule is C=C(C)C1CC(=O)C(C)=C(c2cnn(CC3CCC3(F)F)n2)C1. The van der Waals surface area contributed by atoms with Crippen LogP contribution in [0.1, 0.15) is 45.2 Å². The minimum Gasteiger partial charge on any atom is -0.295 e. The third-order valence-electron chi connectivity index (χ3n) is 5.10. The van der Waals surface area contributed by atoms with Gasteiger partial charge in [0.2, 0.25) is 0 Å². The van der Waals surface area contributed by atoms with Gasteiger partial charge in [-0.25, -0.2) is 8.78 Å². The molecule has 0 saturated heterocycles. The zero-order chi connectivity index (χ0) is 16.8. The fraction of sp³-hybridized carbons (Fsp3) is 0.588. The molecule has 2 aliphatic carbocycles. The summed E-state index contributed by atoms with van der Waals surface area (Å²) < 4.78 is 26.7. The molecule has 0 amide bonds. The summed E-state index contributed by atoms with van der Waals surface area (Å²) >= 11 is 0. The summed E-state index contributed by atoms with van der Waals surface area (Å²) in [6.45, 7) is 7.79. The van der Waals surface area contributed by atoms with Crippen LogP contribution in [0.2, 0.25) is 0 Å². The van der Waals surface area contributed by atoms with Crippen LogP contribution in [0, 0.1) is 11.8 Å². The first-order valence-corrected chi connectivity index (χ1v) is 7.94. The molecule has 1 saturated carbocycles.